The largest absolute Gasteiger partial charge is 0.487 e. The van der Waals surface area contributed by atoms with Gasteiger partial charge in [0.05, 0.1) is 37.5 Å². The molecule has 0 atom stereocenters. The normalized spacial score (nSPS) is 9.22. The molecule has 0 bridgehead atoms. The molecule has 4 aromatic carbocycles. The first-order valence-electron chi connectivity index (χ1n) is 26.2. The molecular formula is C60H90N6O8. The predicted molar refractivity (Wildman–Crippen MR) is 310 cm³/mol. The number of benzene rings is 4. The van der Waals surface area contributed by atoms with Gasteiger partial charge in [0, 0.05) is 66.2 Å². The summed E-state index contributed by atoms with van der Waals surface area (Å²) >= 11 is 0. The van der Waals surface area contributed by atoms with Crippen molar-refractivity contribution >= 4 is 44.8 Å². The number of aliphatic hydroxyl groups is 1. The van der Waals surface area contributed by atoms with E-state index in [-0.39, 0.29) is 13.2 Å². The molecule has 2 heterocycles. The van der Waals surface area contributed by atoms with Gasteiger partial charge in [-0.1, -0.05) is 120 Å². The number of aliphatic hydroxyl groups excluding tert-OH is 1. The second kappa shape index (κ2) is 47.3. The van der Waals surface area contributed by atoms with Gasteiger partial charge in [0.25, 0.3) is 0 Å². The van der Waals surface area contributed by atoms with E-state index in [4.69, 9.17) is 38.3 Å². The van der Waals surface area contributed by atoms with Crippen LogP contribution < -0.4 is 29.6 Å². The Balaban J connectivity index is 0. The Kier molecular flexibility index (Phi) is 44.4. The number of aromatic nitrogens is 4. The highest BCUT2D eigenvalue weighted by atomic mass is 16.6. The van der Waals surface area contributed by atoms with Crippen molar-refractivity contribution < 1.29 is 38.3 Å². The fourth-order valence-corrected chi connectivity index (χ4v) is 5.67. The first-order chi connectivity index (χ1) is 36.3. The SMILES string of the molecule is CC.CC.CC.CC.CC#Cc1cccc(Nc2ncnc3cc(OCCO)c(OCCOC)cc23)c1.CC#Cc1cccc(Nc2ncnc3cc(OCCOCC)c(OCCOC)cc23)c1.CCC.CCC. The number of anilines is 4. The molecule has 6 aromatic rings. The summed E-state index contributed by atoms with van der Waals surface area (Å²) in [5.41, 5.74) is 5.04. The molecule has 2 aromatic heterocycles. The Labute approximate surface area is 445 Å². The maximum atomic E-state index is 9.08. The molecule has 0 spiro atoms. The van der Waals surface area contributed by atoms with Gasteiger partial charge in [-0.3, -0.25) is 0 Å². The van der Waals surface area contributed by atoms with Crippen LogP contribution in [0.3, 0.4) is 0 Å². The lowest BCUT2D eigenvalue weighted by Crippen LogP contribution is -2.09. The van der Waals surface area contributed by atoms with Gasteiger partial charge < -0.3 is 48.9 Å². The third-order valence-electron chi connectivity index (χ3n) is 8.32. The highest BCUT2D eigenvalue weighted by Gasteiger charge is 2.15. The zero-order chi connectivity index (χ0) is 55.8. The molecule has 0 aliphatic heterocycles. The number of nitrogens with zero attached hydrogens (tertiary/aromatic N) is 4. The van der Waals surface area contributed by atoms with Crippen LogP contribution in [-0.2, 0) is 14.2 Å². The molecular weight excluding hydrogens is 933 g/mol. The minimum Gasteiger partial charge on any atom is -0.487 e. The van der Waals surface area contributed by atoms with Crippen LogP contribution in [0.15, 0.2) is 85.5 Å². The zero-order valence-corrected chi connectivity index (χ0v) is 48.0. The average molecular weight is 1020 g/mol. The Bertz CT molecular complexity index is 2460. The molecule has 0 amide bonds. The Hall–Kier alpha value is -6.68. The Morgan fingerprint density at radius 2 is 0.838 bits per heavy atom. The molecule has 0 radical (unpaired) electrons. The lowest BCUT2D eigenvalue weighted by Gasteiger charge is -2.15. The summed E-state index contributed by atoms with van der Waals surface area (Å²) in [6.45, 7) is 33.4. The molecule has 0 saturated heterocycles. The molecule has 0 fully saturated rings. The van der Waals surface area contributed by atoms with Crippen LogP contribution in [0.4, 0.5) is 23.0 Å². The van der Waals surface area contributed by atoms with Crippen molar-refractivity contribution in [3.8, 4) is 46.7 Å². The van der Waals surface area contributed by atoms with Crippen molar-refractivity contribution in [3.63, 3.8) is 0 Å². The number of hydrogen-bond acceptors (Lipinski definition) is 14. The lowest BCUT2D eigenvalue weighted by molar-refractivity contribution is 0.106. The van der Waals surface area contributed by atoms with Gasteiger partial charge in [-0.05, 0) is 69.3 Å². The minimum absolute atomic E-state index is 0.0941. The fraction of sp³-hybridized carbons (Fsp3) is 0.467. The summed E-state index contributed by atoms with van der Waals surface area (Å²) in [6.07, 6.45) is 5.51. The maximum absolute atomic E-state index is 9.08. The van der Waals surface area contributed by atoms with Gasteiger partial charge in [-0.2, -0.15) is 0 Å². The second-order valence-corrected chi connectivity index (χ2v) is 14.0. The Morgan fingerprint density at radius 1 is 0.473 bits per heavy atom. The standard InChI is InChI=1S/C24H27N3O4.C22H23N3O4.2C3H8.4C2H6/c1-4-7-18-8-6-9-19(14-18)27-24-20-15-22(30-12-10-28-3)23(31-13-11-29-5-2)16-21(20)25-17-26-24;1-3-5-16-6-4-7-17(12-16)25-22-18-13-20(29-11-10-27-2)21(28-9-8-26)14-19(18)23-15-24-22;2*1-3-2;4*1-2/h6,8-9,14-17H,5,10-13H2,1-3H3,(H,25,26,27);4,6-7,12-15,26H,8-11H2,1-2H3,(H,23,24,25);2*3H2,1-2H3;4*1-2H3. The molecule has 6 rings (SSSR count). The number of methoxy groups -OCH3 is 2. The summed E-state index contributed by atoms with van der Waals surface area (Å²) in [6, 6.07) is 23.0. The summed E-state index contributed by atoms with van der Waals surface area (Å²) < 4.78 is 38.7. The topological polar surface area (TPSA) is 160 Å². The van der Waals surface area contributed by atoms with Crippen LogP contribution >= 0.6 is 0 Å². The molecule has 14 heteroatoms. The molecule has 408 valence electrons. The van der Waals surface area contributed by atoms with Crippen LogP contribution in [0.2, 0.25) is 0 Å². The van der Waals surface area contributed by atoms with Crippen molar-refractivity contribution in [3.05, 3.63) is 96.6 Å². The summed E-state index contributed by atoms with van der Waals surface area (Å²) in [5, 5.41) is 17.4. The van der Waals surface area contributed by atoms with E-state index in [0.717, 1.165) is 38.8 Å². The maximum Gasteiger partial charge on any atom is 0.163 e. The van der Waals surface area contributed by atoms with Crippen molar-refractivity contribution in [2.24, 2.45) is 0 Å². The average Bonchev–Trinajstić information content (AvgIpc) is 3.43. The molecule has 0 aliphatic rings. The Morgan fingerprint density at radius 3 is 1.19 bits per heavy atom. The van der Waals surface area contributed by atoms with Gasteiger partial charge >= 0.3 is 0 Å². The van der Waals surface area contributed by atoms with Crippen molar-refractivity contribution in [1.29, 1.82) is 0 Å². The van der Waals surface area contributed by atoms with Crippen LogP contribution in [0.25, 0.3) is 21.8 Å². The first kappa shape index (κ1) is 69.4. The lowest BCUT2D eigenvalue weighted by atomic mass is 10.2. The summed E-state index contributed by atoms with van der Waals surface area (Å²) in [4.78, 5) is 17.6. The van der Waals surface area contributed by atoms with E-state index in [0.29, 0.717) is 86.4 Å². The zero-order valence-electron chi connectivity index (χ0n) is 48.0. The van der Waals surface area contributed by atoms with Crippen molar-refractivity contribution in [1.82, 2.24) is 19.9 Å². The predicted octanol–water partition coefficient (Wildman–Crippen LogP) is 14.3. The van der Waals surface area contributed by atoms with E-state index >= 15 is 0 Å². The first-order valence-corrected chi connectivity index (χ1v) is 26.2. The monoisotopic (exact) mass is 1020 g/mol. The number of rotatable bonds is 20. The number of nitrogens with one attached hydrogen (secondary N) is 2. The molecule has 0 aliphatic carbocycles. The van der Waals surface area contributed by atoms with Crippen LogP contribution in [0.1, 0.15) is 128 Å². The summed E-state index contributed by atoms with van der Waals surface area (Å²) in [5.74, 6) is 15.5. The van der Waals surface area contributed by atoms with Gasteiger partial charge in [-0.15, -0.1) is 11.8 Å². The van der Waals surface area contributed by atoms with Gasteiger partial charge in [0.1, 0.15) is 50.7 Å². The molecule has 74 heavy (non-hydrogen) atoms. The van der Waals surface area contributed by atoms with Crippen molar-refractivity contribution in [2.45, 2.75) is 117 Å². The fourth-order valence-electron chi connectivity index (χ4n) is 5.67. The number of hydrogen-bond donors (Lipinski definition) is 3. The quantitative estimate of drug-likeness (QED) is 0.0489. The number of fused-ring (bicyclic) bond motifs is 2. The van der Waals surface area contributed by atoms with Crippen LogP contribution in [0, 0.1) is 23.7 Å². The van der Waals surface area contributed by atoms with E-state index in [1.807, 2.05) is 136 Å². The third kappa shape index (κ3) is 27.4. The van der Waals surface area contributed by atoms with E-state index in [1.54, 1.807) is 27.2 Å². The van der Waals surface area contributed by atoms with Crippen LogP contribution in [0.5, 0.6) is 23.0 Å². The molecule has 0 unspecified atom stereocenters. The van der Waals surface area contributed by atoms with Gasteiger partial charge in [0.2, 0.25) is 0 Å². The van der Waals surface area contributed by atoms with E-state index in [1.165, 1.54) is 25.5 Å². The van der Waals surface area contributed by atoms with Gasteiger partial charge in [-0.25, -0.2) is 19.9 Å². The highest BCUT2D eigenvalue weighted by Crippen LogP contribution is 2.36. The minimum atomic E-state index is -0.0941. The van der Waals surface area contributed by atoms with E-state index in [2.05, 4.69) is 81.9 Å². The van der Waals surface area contributed by atoms with E-state index < -0.39 is 0 Å². The van der Waals surface area contributed by atoms with Crippen molar-refractivity contribution in [2.75, 3.05) is 84.3 Å². The molecule has 0 saturated carbocycles. The van der Waals surface area contributed by atoms with Crippen LogP contribution in [-0.4, -0.2) is 98.7 Å². The molecule has 3 N–H and O–H groups in total. The summed E-state index contributed by atoms with van der Waals surface area (Å²) in [7, 11) is 3.25. The van der Waals surface area contributed by atoms with E-state index in [9.17, 15) is 0 Å². The highest BCUT2D eigenvalue weighted by molar-refractivity contribution is 5.94. The van der Waals surface area contributed by atoms with Gasteiger partial charge in [0.15, 0.2) is 23.0 Å². The second-order valence-electron chi connectivity index (χ2n) is 14.0. The third-order valence-corrected chi connectivity index (χ3v) is 8.32. The molecule has 14 nitrogen and oxygen atoms in total. The number of ether oxygens (including phenoxy) is 7. The smallest absolute Gasteiger partial charge is 0.163 e.